The van der Waals surface area contributed by atoms with E-state index in [1.807, 2.05) is 0 Å². The fourth-order valence-corrected chi connectivity index (χ4v) is 7.89. The van der Waals surface area contributed by atoms with Crippen LogP contribution in [0.4, 0.5) is 0 Å². The van der Waals surface area contributed by atoms with Gasteiger partial charge in [0.05, 0.1) is 19.8 Å². The molecule has 0 heterocycles. The van der Waals surface area contributed by atoms with Crippen LogP contribution in [0.15, 0.2) is 48.6 Å². The molecule has 0 amide bonds. The molecule has 11 heteroatoms. The summed E-state index contributed by atoms with van der Waals surface area (Å²) in [5.41, 5.74) is 0. The lowest BCUT2D eigenvalue weighted by Gasteiger charge is -2.20. The van der Waals surface area contributed by atoms with Crippen LogP contribution in [0, 0.1) is 0 Å². The van der Waals surface area contributed by atoms with E-state index in [4.69, 9.17) is 23.6 Å². The number of rotatable bonds is 48. The zero-order chi connectivity index (χ0) is 46.2. The highest BCUT2D eigenvalue weighted by Gasteiger charge is 2.27. The van der Waals surface area contributed by atoms with Crippen molar-refractivity contribution in [3.8, 4) is 0 Å². The number of phosphoric acid groups is 1. The number of aliphatic hydroxyl groups is 2. The molecule has 3 atom stereocenters. The summed E-state index contributed by atoms with van der Waals surface area (Å²) >= 11 is 0. The first-order valence-corrected chi connectivity index (χ1v) is 27.1. The zero-order valence-electron chi connectivity index (χ0n) is 40.3. The third kappa shape index (κ3) is 47.7. The Kier molecular flexibility index (Phi) is 46.3. The Balaban J connectivity index is 4.18. The van der Waals surface area contributed by atoms with Gasteiger partial charge in [0.1, 0.15) is 12.7 Å². The highest BCUT2D eigenvalue weighted by atomic mass is 31.2. The Morgan fingerprint density at radius 2 is 0.873 bits per heavy atom. The van der Waals surface area contributed by atoms with E-state index < -0.39 is 51.8 Å². The molecule has 0 saturated heterocycles. The fourth-order valence-electron chi connectivity index (χ4n) is 7.10. The summed E-state index contributed by atoms with van der Waals surface area (Å²) in [5, 5.41) is 18.4. The molecule has 3 unspecified atom stereocenters. The number of aliphatic hydroxyl groups excluding tert-OH is 2. The molecular formula is C52H95O10P. The van der Waals surface area contributed by atoms with E-state index in [9.17, 15) is 24.2 Å². The molecule has 3 N–H and O–H groups in total. The molecule has 0 spiro atoms. The zero-order valence-corrected chi connectivity index (χ0v) is 41.2. The minimum absolute atomic E-state index is 0.168. The Morgan fingerprint density at radius 1 is 0.492 bits per heavy atom. The number of esters is 2. The Bertz CT molecular complexity index is 1190. The van der Waals surface area contributed by atoms with Gasteiger partial charge in [-0.15, -0.1) is 0 Å². The van der Waals surface area contributed by atoms with Gasteiger partial charge in [-0.25, -0.2) is 4.57 Å². The molecule has 0 aliphatic carbocycles. The van der Waals surface area contributed by atoms with Crippen LogP contribution in [0.2, 0.25) is 0 Å². The van der Waals surface area contributed by atoms with E-state index in [-0.39, 0.29) is 19.4 Å². The number of ether oxygens (including phenoxy) is 2. The topological polar surface area (TPSA) is 149 Å². The van der Waals surface area contributed by atoms with Crippen LogP contribution < -0.4 is 0 Å². The van der Waals surface area contributed by atoms with Gasteiger partial charge >= 0.3 is 19.8 Å². The molecule has 0 aromatic rings. The fraction of sp³-hybridized carbons (Fsp3) is 0.808. The van der Waals surface area contributed by atoms with E-state index in [0.29, 0.717) is 12.8 Å². The molecule has 0 bridgehead atoms. The highest BCUT2D eigenvalue weighted by molar-refractivity contribution is 7.47. The van der Waals surface area contributed by atoms with Crippen molar-refractivity contribution in [2.24, 2.45) is 0 Å². The van der Waals surface area contributed by atoms with Crippen molar-refractivity contribution in [1.82, 2.24) is 0 Å². The van der Waals surface area contributed by atoms with Crippen LogP contribution in [0.3, 0.4) is 0 Å². The maximum atomic E-state index is 12.7. The van der Waals surface area contributed by atoms with Crippen molar-refractivity contribution in [3.63, 3.8) is 0 Å². The summed E-state index contributed by atoms with van der Waals surface area (Å²) in [6.07, 6.45) is 53.6. The molecule has 0 aromatic carbocycles. The van der Waals surface area contributed by atoms with Crippen molar-refractivity contribution < 1.29 is 47.8 Å². The predicted octanol–water partition coefficient (Wildman–Crippen LogP) is 14.5. The maximum absolute atomic E-state index is 12.7. The third-order valence-electron chi connectivity index (χ3n) is 11.0. The molecule has 0 rings (SSSR count). The minimum atomic E-state index is -4.63. The van der Waals surface area contributed by atoms with Gasteiger partial charge in [0, 0.05) is 12.8 Å². The van der Waals surface area contributed by atoms with E-state index >= 15 is 0 Å². The molecule has 0 saturated carbocycles. The molecule has 0 radical (unpaired) electrons. The van der Waals surface area contributed by atoms with E-state index in [1.165, 1.54) is 109 Å². The molecule has 63 heavy (non-hydrogen) atoms. The Labute approximate surface area is 385 Å². The number of carbonyl (C=O) groups excluding carboxylic acids is 2. The molecule has 0 fully saturated rings. The Hall–Kier alpha value is -2.07. The van der Waals surface area contributed by atoms with Crippen LogP contribution in [0.5, 0.6) is 0 Å². The first-order valence-electron chi connectivity index (χ1n) is 25.6. The highest BCUT2D eigenvalue weighted by Crippen LogP contribution is 2.43. The smallest absolute Gasteiger partial charge is 0.462 e. The molecule has 0 aromatic heterocycles. The molecule has 10 nitrogen and oxygen atoms in total. The van der Waals surface area contributed by atoms with Crippen LogP contribution in [0.1, 0.15) is 232 Å². The van der Waals surface area contributed by atoms with Crippen LogP contribution in [0.25, 0.3) is 0 Å². The van der Waals surface area contributed by atoms with Crippen molar-refractivity contribution in [1.29, 1.82) is 0 Å². The number of allylic oxidation sites excluding steroid dienone is 8. The summed E-state index contributed by atoms with van der Waals surface area (Å²) in [6, 6.07) is 0. The lowest BCUT2D eigenvalue weighted by Crippen LogP contribution is -2.29. The number of carbonyl (C=O) groups is 2. The third-order valence-corrected chi connectivity index (χ3v) is 11.9. The molecular weight excluding hydrogens is 816 g/mol. The van der Waals surface area contributed by atoms with Gasteiger partial charge in [-0.05, 0) is 51.4 Å². The van der Waals surface area contributed by atoms with Crippen molar-refractivity contribution >= 4 is 19.8 Å². The predicted molar refractivity (Wildman–Crippen MR) is 261 cm³/mol. The normalized spacial score (nSPS) is 14.0. The second-order valence-corrected chi connectivity index (χ2v) is 18.6. The monoisotopic (exact) mass is 911 g/mol. The maximum Gasteiger partial charge on any atom is 0.472 e. The quantitative estimate of drug-likeness (QED) is 0.0233. The van der Waals surface area contributed by atoms with E-state index in [2.05, 4.69) is 62.5 Å². The first kappa shape index (κ1) is 60.9. The average molecular weight is 911 g/mol. The van der Waals surface area contributed by atoms with Gasteiger partial charge in [0.2, 0.25) is 0 Å². The SMILES string of the molecule is CC/C=C\C/C=C\C/C=C\C/C=C\CCCCCCCCC(=O)OC(COC(=O)CCCCCCCCCCCCCCCCCCCCCCC)COP(=O)(O)OCC(O)CO. The summed E-state index contributed by atoms with van der Waals surface area (Å²) < 4.78 is 32.9. The lowest BCUT2D eigenvalue weighted by atomic mass is 10.0. The molecule has 0 aliphatic rings. The molecule has 0 aliphatic heterocycles. The summed E-state index contributed by atoms with van der Waals surface area (Å²) in [7, 11) is -4.63. The van der Waals surface area contributed by atoms with E-state index in [1.54, 1.807) is 0 Å². The van der Waals surface area contributed by atoms with Crippen molar-refractivity contribution in [3.05, 3.63) is 48.6 Å². The van der Waals surface area contributed by atoms with Gasteiger partial charge in [-0.1, -0.05) is 217 Å². The van der Waals surface area contributed by atoms with Crippen LogP contribution in [-0.4, -0.2) is 65.7 Å². The summed E-state index contributed by atoms with van der Waals surface area (Å²) in [4.78, 5) is 35.2. The Morgan fingerprint density at radius 3 is 1.32 bits per heavy atom. The van der Waals surface area contributed by atoms with Crippen LogP contribution >= 0.6 is 7.82 Å². The number of phosphoric ester groups is 1. The number of unbranched alkanes of at least 4 members (excludes halogenated alkanes) is 26. The first-order chi connectivity index (χ1) is 30.7. The van der Waals surface area contributed by atoms with Gasteiger partial charge in [0.25, 0.3) is 0 Å². The largest absolute Gasteiger partial charge is 0.472 e. The number of hydrogen-bond donors (Lipinski definition) is 3. The summed E-state index contributed by atoms with van der Waals surface area (Å²) in [5.74, 6) is -0.932. The summed E-state index contributed by atoms with van der Waals surface area (Å²) in [6.45, 7) is 2.29. The van der Waals surface area contributed by atoms with Crippen LogP contribution in [-0.2, 0) is 32.7 Å². The number of hydrogen-bond acceptors (Lipinski definition) is 9. The van der Waals surface area contributed by atoms with Gasteiger partial charge in [-0.2, -0.15) is 0 Å². The second kappa shape index (κ2) is 47.9. The lowest BCUT2D eigenvalue weighted by molar-refractivity contribution is -0.161. The van der Waals surface area contributed by atoms with E-state index in [0.717, 1.165) is 83.5 Å². The second-order valence-electron chi connectivity index (χ2n) is 17.2. The molecule has 368 valence electrons. The minimum Gasteiger partial charge on any atom is -0.462 e. The van der Waals surface area contributed by atoms with Gasteiger partial charge in [0.15, 0.2) is 6.10 Å². The van der Waals surface area contributed by atoms with Crippen molar-refractivity contribution in [2.75, 3.05) is 26.4 Å². The van der Waals surface area contributed by atoms with Gasteiger partial charge < -0.3 is 24.6 Å². The average Bonchev–Trinajstić information content (AvgIpc) is 3.27. The van der Waals surface area contributed by atoms with Gasteiger partial charge in [-0.3, -0.25) is 18.6 Å². The van der Waals surface area contributed by atoms with Crippen molar-refractivity contribution in [2.45, 2.75) is 244 Å². The standard InChI is InChI=1S/C52H95O10P/c1-3-5-7-9-11-13-15-17-19-21-23-24-26-27-29-31-33-35-37-39-41-43-51(55)59-47-50(48-61-63(57,58)60-46-49(54)45-53)62-52(56)44-42-40-38-36-34-32-30-28-25-22-20-18-16-14-12-10-8-6-4-2/h6,8,12,14,18,20,25,28,49-50,53-54H,3-5,7,9-11,13,15-17,19,21-24,26-27,29-48H2,1-2H3,(H,57,58)/b8-6-,14-12-,20-18-,28-25-.